The van der Waals surface area contributed by atoms with Crippen LogP contribution in [-0.4, -0.2) is 0 Å². The van der Waals surface area contributed by atoms with Gasteiger partial charge in [-0.1, -0.05) is 72.8 Å². The Labute approximate surface area is 108 Å². The first kappa shape index (κ1) is 12.1. The third-order valence-electron chi connectivity index (χ3n) is 3.01. The first-order valence-corrected chi connectivity index (χ1v) is 5.96. The second-order valence-corrected chi connectivity index (χ2v) is 4.42. The zero-order chi connectivity index (χ0) is 12.8. The van der Waals surface area contributed by atoms with Gasteiger partial charge in [0, 0.05) is 0 Å². The zero-order valence-electron chi connectivity index (χ0n) is 10.4. The largest absolute Gasteiger partial charge is 0.197 e. The van der Waals surface area contributed by atoms with Gasteiger partial charge in [0.2, 0.25) is 0 Å². The van der Waals surface area contributed by atoms with Crippen LogP contribution in [-0.2, 0) is 5.41 Å². The third kappa shape index (κ3) is 2.67. The Balaban J connectivity index is 2.30. The van der Waals surface area contributed by atoms with E-state index in [9.17, 15) is 5.26 Å². The van der Waals surface area contributed by atoms with Gasteiger partial charge in [0.15, 0.2) is 0 Å². The lowest BCUT2D eigenvalue weighted by molar-refractivity contribution is 0.779. The van der Waals surface area contributed by atoms with Crippen molar-refractivity contribution in [1.82, 2.24) is 0 Å². The minimum Gasteiger partial charge on any atom is -0.197 e. The molecule has 1 heteroatoms. The standard InChI is InChI=1S/C17H15N/c1-17(14-18,16-10-6-3-7-11-16)13-12-15-8-4-2-5-9-15/h2-13H,1H3/b13-12-. The Morgan fingerprint density at radius 2 is 1.50 bits per heavy atom. The number of nitrogens with zero attached hydrogens (tertiary/aromatic N) is 1. The minimum absolute atomic E-state index is 0.586. The van der Waals surface area contributed by atoms with E-state index in [1.54, 1.807) is 0 Å². The first-order valence-electron chi connectivity index (χ1n) is 5.96. The summed E-state index contributed by atoms with van der Waals surface area (Å²) in [6.45, 7) is 1.93. The molecule has 0 fully saturated rings. The highest BCUT2D eigenvalue weighted by molar-refractivity contribution is 5.54. The fourth-order valence-electron chi connectivity index (χ4n) is 1.81. The molecule has 0 spiro atoms. The molecule has 0 saturated carbocycles. The van der Waals surface area contributed by atoms with Crippen molar-refractivity contribution in [3.8, 4) is 6.07 Å². The summed E-state index contributed by atoms with van der Waals surface area (Å²) in [5.74, 6) is 0. The maximum atomic E-state index is 9.42. The molecule has 18 heavy (non-hydrogen) atoms. The van der Waals surface area contributed by atoms with E-state index in [-0.39, 0.29) is 0 Å². The van der Waals surface area contributed by atoms with Crippen LogP contribution in [0.2, 0.25) is 0 Å². The van der Waals surface area contributed by atoms with Gasteiger partial charge in [-0.25, -0.2) is 0 Å². The summed E-state index contributed by atoms with van der Waals surface area (Å²) >= 11 is 0. The quantitative estimate of drug-likeness (QED) is 0.780. The molecule has 0 saturated heterocycles. The SMILES string of the molecule is CC(C#N)(/C=C\c1ccccc1)c1ccccc1. The Hall–Kier alpha value is -2.33. The summed E-state index contributed by atoms with van der Waals surface area (Å²) in [7, 11) is 0. The van der Waals surface area contributed by atoms with E-state index in [1.165, 1.54) is 0 Å². The molecule has 0 aliphatic rings. The highest BCUT2D eigenvalue weighted by Gasteiger charge is 2.22. The molecule has 2 aromatic carbocycles. The molecule has 0 aliphatic heterocycles. The molecule has 1 nitrogen and oxygen atoms in total. The molecule has 2 rings (SSSR count). The van der Waals surface area contributed by atoms with Crippen molar-refractivity contribution in [3.05, 3.63) is 77.9 Å². The fraction of sp³-hybridized carbons (Fsp3) is 0.118. The fourth-order valence-corrected chi connectivity index (χ4v) is 1.81. The van der Waals surface area contributed by atoms with Gasteiger partial charge >= 0.3 is 0 Å². The van der Waals surface area contributed by atoms with Crippen molar-refractivity contribution in [2.24, 2.45) is 0 Å². The molecule has 0 N–H and O–H groups in total. The van der Waals surface area contributed by atoms with Crippen LogP contribution in [0.1, 0.15) is 18.1 Å². The Morgan fingerprint density at radius 3 is 2.06 bits per heavy atom. The predicted octanol–water partition coefficient (Wildman–Crippen LogP) is 4.18. The van der Waals surface area contributed by atoms with E-state index in [0.717, 1.165) is 11.1 Å². The topological polar surface area (TPSA) is 23.8 Å². The number of nitriles is 1. The van der Waals surface area contributed by atoms with Gasteiger partial charge in [-0.15, -0.1) is 0 Å². The van der Waals surface area contributed by atoms with E-state index in [0.29, 0.717) is 0 Å². The Kier molecular flexibility index (Phi) is 3.60. The molecule has 1 unspecified atom stereocenters. The summed E-state index contributed by atoms with van der Waals surface area (Å²) in [6.07, 6.45) is 3.95. The number of allylic oxidation sites excluding steroid dienone is 1. The van der Waals surface area contributed by atoms with Crippen molar-refractivity contribution in [3.63, 3.8) is 0 Å². The molecule has 0 heterocycles. The van der Waals surface area contributed by atoms with Gasteiger partial charge in [0.1, 0.15) is 0 Å². The molecule has 88 valence electrons. The van der Waals surface area contributed by atoms with Crippen LogP contribution in [0, 0.1) is 11.3 Å². The highest BCUT2D eigenvalue weighted by atomic mass is 14.3. The van der Waals surface area contributed by atoms with Crippen molar-refractivity contribution >= 4 is 6.08 Å². The van der Waals surface area contributed by atoms with Crippen molar-refractivity contribution in [1.29, 1.82) is 5.26 Å². The molecular weight excluding hydrogens is 218 g/mol. The zero-order valence-corrected chi connectivity index (χ0v) is 10.4. The van der Waals surface area contributed by atoms with Gasteiger partial charge in [0.05, 0.1) is 11.5 Å². The van der Waals surface area contributed by atoms with E-state index in [2.05, 4.69) is 6.07 Å². The second-order valence-electron chi connectivity index (χ2n) is 4.42. The monoisotopic (exact) mass is 233 g/mol. The lowest BCUT2D eigenvalue weighted by Gasteiger charge is -2.17. The lowest BCUT2D eigenvalue weighted by atomic mass is 9.83. The van der Waals surface area contributed by atoms with E-state index in [1.807, 2.05) is 79.7 Å². The number of hydrogen-bond donors (Lipinski definition) is 0. The maximum Gasteiger partial charge on any atom is 0.0977 e. The van der Waals surface area contributed by atoms with E-state index < -0.39 is 5.41 Å². The van der Waals surface area contributed by atoms with E-state index >= 15 is 0 Å². The molecule has 0 bridgehead atoms. The summed E-state index contributed by atoms with van der Waals surface area (Å²) in [5.41, 5.74) is 1.53. The molecule has 2 aromatic rings. The van der Waals surface area contributed by atoms with Gasteiger partial charge in [-0.3, -0.25) is 0 Å². The van der Waals surface area contributed by atoms with Crippen LogP contribution < -0.4 is 0 Å². The van der Waals surface area contributed by atoms with Gasteiger partial charge in [-0.05, 0) is 18.1 Å². The van der Waals surface area contributed by atoms with Crippen LogP contribution in [0.4, 0.5) is 0 Å². The first-order chi connectivity index (χ1) is 8.74. The lowest BCUT2D eigenvalue weighted by Crippen LogP contribution is -2.15. The minimum atomic E-state index is -0.586. The average molecular weight is 233 g/mol. The molecule has 1 atom stereocenters. The Bertz CT molecular complexity index is 564. The van der Waals surface area contributed by atoms with Crippen LogP contribution in [0.5, 0.6) is 0 Å². The molecular formula is C17H15N. The molecule has 0 radical (unpaired) electrons. The average Bonchev–Trinajstić information content (AvgIpc) is 2.47. The third-order valence-corrected chi connectivity index (χ3v) is 3.01. The van der Waals surface area contributed by atoms with Gasteiger partial charge in [-0.2, -0.15) is 5.26 Å². The van der Waals surface area contributed by atoms with Crippen LogP contribution in [0.15, 0.2) is 66.7 Å². The number of benzene rings is 2. The van der Waals surface area contributed by atoms with Gasteiger partial charge < -0.3 is 0 Å². The van der Waals surface area contributed by atoms with Crippen LogP contribution in [0.3, 0.4) is 0 Å². The normalized spacial score (nSPS) is 14.0. The summed E-state index contributed by atoms with van der Waals surface area (Å²) in [4.78, 5) is 0. The molecule has 0 aromatic heterocycles. The maximum absolute atomic E-state index is 9.42. The van der Waals surface area contributed by atoms with Crippen molar-refractivity contribution in [2.45, 2.75) is 12.3 Å². The van der Waals surface area contributed by atoms with Crippen molar-refractivity contribution < 1.29 is 0 Å². The van der Waals surface area contributed by atoms with Crippen LogP contribution in [0.25, 0.3) is 6.08 Å². The highest BCUT2D eigenvalue weighted by Crippen LogP contribution is 2.25. The van der Waals surface area contributed by atoms with Gasteiger partial charge in [0.25, 0.3) is 0 Å². The predicted molar refractivity (Wildman–Crippen MR) is 74.9 cm³/mol. The van der Waals surface area contributed by atoms with Crippen LogP contribution >= 0.6 is 0 Å². The summed E-state index contributed by atoms with van der Waals surface area (Å²) < 4.78 is 0. The smallest absolute Gasteiger partial charge is 0.0977 e. The van der Waals surface area contributed by atoms with Crippen molar-refractivity contribution in [2.75, 3.05) is 0 Å². The molecule has 0 aliphatic carbocycles. The number of rotatable bonds is 3. The molecule has 0 amide bonds. The summed E-state index contributed by atoms with van der Waals surface area (Å²) in [6, 6.07) is 22.2. The number of hydrogen-bond acceptors (Lipinski definition) is 1. The second kappa shape index (κ2) is 5.33. The Morgan fingerprint density at radius 1 is 0.944 bits per heavy atom. The van der Waals surface area contributed by atoms with E-state index in [4.69, 9.17) is 0 Å². The summed E-state index contributed by atoms with van der Waals surface area (Å²) in [5, 5.41) is 9.42.